The van der Waals surface area contributed by atoms with Crippen LogP contribution in [0.5, 0.6) is 5.75 Å². The number of amides is 1. The predicted molar refractivity (Wildman–Crippen MR) is 163 cm³/mol. The van der Waals surface area contributed by atoms with Crippen molar-refractivity contribution in [3.05, 3.63) is 94.3 Å². The highest BCUT2D eigenvalue weighted by molar-refractivity contribution is 6.72. The van der Waals surface area contributed by atoms with E-state index in [1.165, 1.54) is 4.68 Å². The Morgan fingerprint density at radius 3 is 2.52 bits per heavy atom. The van der Waals surface area contributed by atoms with Crippen molar-refractivity contribution in [1.82, 2.24) is 14.7 Å². The van der Waals surface area contributed by atoms with Crippen LogP contribution in [0.2, 0.25) is 18.6 Å². The predicted octanol–water partition coefficient (Wildman–Crippen LogP) is 5.36. The summed E-state index contributed by atoms with van der Waals surface area (Å²) in [4.78, 5) is 28.2. The van der Waals surface area contributed by atoms with Gasteiger partial charge in [-0.3, -0.25) is 14.7 Å². The normalized spacial score (nSPS) is 19.2. The number of fused-ring (bicyclic) bond motifs is 2. The molecular weight excluding hydrogens is 553 g/mol. The van der Waals surface area contributed by atoms with Gasteiger partial charge < -0.3 is 23.6 Å². The number of ether oxygens (including phenoxy) is 2. The fourth-order valence-electron chi connectivity index (χ4n) is 6.03. The zero-order valence-electron chi connectivity index (χ0n) is 24.4. The van der Waals surface area contributed by atoms with E-state index in [0.717, 1.165) is 16.6 Å². The first-order valence-corrected chi connectivity index (χ1v) is 17.2. The van der Waals surface area contributed by atoms with Crippen molar-refractivity contribution in [3.63, 3.8) is 0 Å². The van der Waals surface area contributed by atoms with Crippen molar-refractivity contribution in [2.24, 2.45) is 5.92 Å². The maximum atomic E-state index is 16.0. The second-order valence-electron chi connectivity index (χ2n) is 11.5. The monoisotopic (exact) mass is 591 g/mol. The highest BCUT2D eigenvalue weighted by Gasteiger charge is 2.48. The quantitative estimate of drug-likeness (QED) is 0.191. The van der Waals surface area contributed by atoms with E-state index in [1.807, 2.05) is 61.5 Å². The van der Waals surface area contributed by atoms with Gasteiger partial charge in [-0.05, 0) is 49.0 Å². The molecule has 1 unspecified atom stereocenters. The standard InChI is InChI=1S/C32H38FN3O5Si/c1-21-30(40-2)25-18-23(36-32(39)24-12-8-9-13-26(24)34-36)14-15-27(25)41-31(21)28(42(3,4)33)19-29(38)35(16-17-37)20-22-10-6-5-7-11-22/h5-15,18,21,28,30-31,34,37H,16-17,19-20H2,1-4H3/t21-,28?,30-,31-/m1/s1. The highest BCUT2D eigenvalue weighted by atomic mass is 28.4. The summed E-state index contributed by atoms with van der Waals surface area (Å²) in [5.74, 6) is 0.0446. The van der Waals surface area contributed by atoms with Crippen LogP contribution >= 0.6 is 0 Å². The van der Waals surface area contributed by atoms with Crippen LogP contribution in [0.3, 0.4) is 0 Å². The van der Waals surface area contributed by atoms with E-state index in [4.69, 9.17) is 9.47 Å². The summed E-state index contributed by atoms with van der Waals surface area (Å²) >= 11 is 0. The minimum atomic E-state index is -3.43. The Bertz CT molecular complexity index is 1600. The molecule has 5 rings (SSSR count). The van der Waals surface area contributed by atoms with Crippen molar-refractivity contribution in [1.29, 1.82) is 0 Å². The molecule has 2 heterocycles. The zero-order valence-corrected chi connectivity index (χ0v) is 25.4. The van der Waals surface area contributed by atoms with Gasteiger partial charge in [0.05, 0.1) is 29.3 Å². The van der Waals surface area contributed by atoms with Crippen LogP contribution in [-0.4, -0.2) is 60.5 Å². The van der Waals surface area contributed by atoms with Crippen LogP contribution < -0.4 is 10.3 Å². The Labute approximate surface area is 245 Å². The molecule has 2 N–H and O–H groups in total. The number of aliphatic hydroxyl groups is 1. The number of hydrogen-bond acceptors (Lipinski definition) is 5. The number of nitrogens with zero attached hydrogens (tertiary/aromatic N) is 2. The first-order chi connectivity index (χ1) is 20.1. The largest absolute Gasteiger partial charge is 0.490 e. The number of para-hydroxylation sites is 1. The average molecular weight is 592 g/mol. The first kappa shape index (κ1) is 29.7. The molecular formula is C32H38FN3O5Si. The number of H-pyrrole nitrogens is 1. The van der Waals surface area contributed by atoms with Crippen molar-refractivity contribution in [3.8, 4) is 11.4 Å². The lowest BCUT2D eigenvalue weighted by atomic mass is 9.86. The average Bonchev–Trinajstić information content (AvgIpc) is 3.31. The number of carbonyl (C=O) groups excluding carboxylic acids is 1. The molecule has 4 aromatic rings. The number of rotatable bonds is 10. The maximum absolute atomic E-state index is 16.0. The van der Waals surface area contributed by atoms with Crippen LogP contribution in [0.1, 0.15) is 30.6 Å². The third-order valence-corrected chi connectivity index (χ3v) is 10.6. The molecule has 0 spiro atoms. The molecule has 1 aliphatic rings. The van der Waals surface area contributed by atoms with Gasteiger partial charge in [-0.2, -0.15) is 0 Å². The van der Waals surface area contributed by atoms with Gasteiger partial charge in [0.25, 0.3) is 5.56 Å². The topological polar surface area (TPSA) is 96.8 Å². The van der Waals surface area contributed by atoms with E-state index >= 15 is 4.11 Å². The second kappa shape index (κ2) is 12.2. The number of aromatic nitrogens is 2. The number of aliphatic hydroxyl groups excluding tert-OH is 1. The molecule has 0 saturated carbocycles. The van der Waals surface area contributed by atoms with E-state index in [2.05, 4.69) is 5.10 Å². The zero-order chi connectivity index (χ0) is 30.0. The van der Waals surface area contributed by atoms with Crippen molar-refractivity contribution in [2.75, 3.05) is 20.3 Å². The molecule has 0 radical (unpaired) electrons. The van der Waals surface area contributed by atoms with E-state index in [1.54, 1.807) is 43.3 Å². The molecule has 1 amide bonds. The fraction of sp³-hybridized carbons (Fsp3) is 0.375. The molecule has 1 aliphatic heterocycles. The lowest BCUT2D eigenvalue weighted by Gasteiger charge is -2.43. The van der Waals surface area contributed by atoms with Gasteiger partial charge in [0.2, 0.25) is 14.3 Å². The number of nitrogens with one attached hydrogen (secondary N) is 1. The molecule has 0 saturated heterocycles. The van der Waals surface area contributed by atoms with Crippen molar-refractivity contribution in [2.45, 2.75) is 50.7 Å². The van der Waals surface area contributed by atoms with Gasteiger partial charge in [-0.25, -0.2) is 4.68 Å². The molecule has 0 fully saturated rings. The molecule has 10 heteroatoms. The summed E-state index contributed by atoms with van der Waals surface area (Å²) in [7, 11) is -1.83. The molecule has 1 aromatic heterocycles. The van der Waals surface area contributed by atoms with Gasteiger partial charge in [0.1, 0.15) is 11.9 Å². The number of aromatic amines is 1. The molecule has 222 valence electrons. The fourth-order valence-corrected chi connectivity index (χ4v) is 7.84. The van der Waals surface area contributed by atoms with Crippen LogP contribution in [0.25, 0.3) is 16.6 Å². The summed E-state index contributed by atoms with van der Waals surface area (Å²) < 4.78 is 30.0. The Hall–Kier alpha value is -3.73. The Kier molecular flexibility index (Phi) is 8.67. The van der Waals surface area contributed by atoms with E-state index in [9.17, 15) is 14.7 Å². The smallest absolute Gasteiger partial charge is 0.279 e. The minimum Gasteiger partial charge on any atom is -0.490 e. The van der Waals surface area contributed by atoms with E-state index < -0.39 is 26.2 Å². The van der Waals surface area contributed by atoms with Crippen molar-refractivity contribution >= 4 is 25.2 Å². The van der Waals surface area contributed by atoms with Crippen LogP contribution in [0, 0.1) is 5.92 Å². The van der Waals surface area contributed by atoms with Gasteiger partial charge in [-0.15, -0.1) is 0 Å². The SMILES string of the molecule is CO[C@H]1c2cc(-n3[nH]c4ccccc4c3=O)ccc2O[C@@H](C(CC(=O)N(CCO)Cc2ccccc2)[Si](C)(C)F)[C@@H]1C. The molecule has 4 atom stereocenters. The molecule has 0 bridgehead atoms. The number of methoxy groups -OCH3 is 1. The number of hydrogen-bond donors (Lipinski definition) is 2. The summed E-state index contributed by atoms with van der Waals surface area (Å²) in [5.41, 5.74) is 2.26. The van der Waals surface area contributed by atoms with Crippen LogP contribution in [0.4, 0.5) is 4.11 Å². The number of halogens is 1. The molecule has 42 heavy (non-hydrogen) atoms. The summed E-state index contributed by atoms with van der Waals surface area (Å²) in [5, 5.41) is 13.4. The summed E-state index contributed by atoms with van der Waals surface area (Å²) in [6.45, 7) is 5.49. The molecule has 0 aliphatic carbocycles. The third-order valence-electron chi connectivity index (χ3n) is 8.28. The molecule has 3 aromatic carbocycles. The Morgan fingerprint density at radius 2 is 1.86 bits per heavy atom. The Balaban J connectivity index is 1.44. The van der Waals surface area contributed by atoms with Crippen LogP contribution in [0.15, 0.2) is 77.6 Å². The summed E-state index contributed by atoms with van der Waals surface area (Å²) in [6.07, 6.45) is -1.08. The van der Waals surface area contributed by atoms with Crippen molar-refractivity contribution < 1.29 is 23.5 Å². The Morgan fingerprint density at radius 1 is 1.14 bits per heavy atom. The van der Waals surface area contributed by atoms with Gasteiger partial charge in [0.15, 0.2) is 0 Å². The minimum absolute atomic E-state index is 0.0358. The van der Waals surface area contributed by atoms with Gasteiger partial charge in [-0.1, -0.05) is 49.4 Å². The van der Waals surface area contributed by atoms with Gasteiger partial charge >= 0.3 is 0 Å². The van der Waals surface area contributed by atoms with Crippen LogP contribution in [-0.2, 0) is 16.1 Å². The van der Waals surface area contributed by atoms with Gasteiger partial charge in [0, 0.05) is 43.6 Å². The molecule has 8 nitrogen and oxygen atoms in total. The number of carbonyl (C=O) groups is 1. The number of benzene rings is 3. The van der Waals surface area contributed by atoms with E-state index in [-0.39, 0.29) is 37.0 Å². The second-order valence-corrected chi connectivity index (χ2v) is 15.4. The highest BCUT2D eigenvalue weighted by Crippen LogP contribution is 2.47. The lowest BCUT2D eigenvalue weighted by molar-refractivity contribution is -0.133. The lowest BCUT2D eigenvalue weighted by Crippen LogP contribution is -2.48. The maximum Gasteiger partial charge on any atom is 0.279 e. The summed E-state index contributed by atoms with van der Waals surface area (Å²) in [6, 6.07) is 22.3. The first-order valence-electron chi connectivity index (χ1n) is 14.3. The third kappa shape index (κ3) is 5.92. The van der Waals surface area contributed by atoms with E-state index in [0.29, 0.717) is 23.4 Å².